The molecule has 0 spiro atoms. The lowest BCUT2D eigenvalue weighted by Crippen LogP contribution is -2.26. The van der Waals surface area contributed by atoms with E-state index >= 15 is 0 Å². The minimum Gasteiger partial charge on any atom is -0.351 e. The van der Waals surface area contributed by atoms with Crippen LogP contribution in [0.5, 0.6) is 0 Å². The molecule has 0 radical (unpaired) electrons. The Morgan fingerprint density at radius 3 is 2.61 bits per heavy atom. The van der Waals surface area contributed by atoms with Gasteiger partial charge in [0.15, 0.2) is 0 Å². The lowest BCUT2D eigenvalue weighted by Gasteiger charge is -2.14. The van der Waals surface area contributed by atoms with Gasteiger partial charge in [-0.15, -0.1) is 0 Å². The molecule has 1 aromatic heterocycles. The van der Waals surface area contributed by atoms with Crippen LogP contribution in [0.15, 0.2) is 54.7 Å². The zero-order valence-electron chi connectivity index (χ0n) is 12.4. The number of rotatable bonds is 4. The number of aromatic amines is 1. The Labute approximate surface area is 132 Å². The van der Waals surface area contributed by atoms with Gasteiger partial charge in [-0.2, -0.15) is 0 Å². The quantitative estimate of drug-likeness (QED) is 0.570. The van der Waals surface area contributed by atoms with Crippen LogP contribution in [0.25, 0.3) is 10.8 Å². The predicted octanol–water partition coefficient (Wildman–Crippen LogP) is 3.57. The summed E-state index contributed by atoms with van der Waals surface area (Å²) in [5.41, 5.74) is 1.01. The highest BCUT2D eigenvalue weighted by atomic mass is 16.6. The van der Waals surface area contributed by atoms with Gasteiger partial charge in [0.2, 0.25) is 0 Å². The highest BCUT2D eigenvalue weighted by Gasteiger charge is 2.16. The van der Waals surface area contributed by atoms with Crippen molar-refractivity contribution in [3.05, 3.63) is 76.1 Å². The SMILES string of the molecule is C[C@@H](NC(=O)c1cc([N+](=O)[O-])c[nH]1)c1ccc2ccccc2c1. The molecule has 2 N–H and O–H groups in total. The minimum absolute atomic E-state index is 0.131. The second-order valence-electron chi connectivity index (χ2n) is 5.33. The molecule has 6 nitrogen and oxygen atoms in total. The van der Waals surface area contributed by atoms with E-state index in [2.05, 4.69) is 10.3 Å². The van der Waals surface area contributed by atoms with Gasteiger partial charge in [-0.05, 0) is 29.3 Å². The van der Waals surface area contributed by atoms with Gasteiger partial charge < -0.3 is 10.3 Å². The van der Waals surface area contributed by atoms with E-state index in [-0.39, 0.29) is 23.3 Å². The zero-order valence-corrected chi connectivity index (χ0v) is 12.4. The Morgan fingerprint density at radius 2 is 1.91 bits per heavy atom. The van der Waals surface area contributed by atoms with Gasteiger partial charge in [0.05, 0.1) is 17.2 Å². The Bertz CT molecular complexity index is 885. The van der Waals surface area contributed by atoms with Crippen molar-refractivity contribution in [2.75, 3.05) is 0 Å². The number of hydrogen-bond acceptors (Lipinski definition) is 3. The fourth-order valence-electron chi connectivity index (χ4n) is 2.45. The summed E-state index contributed by atoms with van der Waals surface area (Å²) < 4.78 is 0. The van der Waals surface area contributed by atoms with Gasteiger partial charge >= 0.3 is 0 Å². The van der Waals surface area contributed by atoms with Crippen molar-refractivity contribution in [3.63, 3.8) is 0 Å². The normalized spacial score (nSPS) is 12.0. The Morgan fingerprint density at radius 1 is 1.17 bits per heavy atom. The molecule has 0 aliphatic heterocycles. The molecule has 3 rings (SSSR count). The number of hydrogen-bond donors (Lipinski definition) is 2. The second-order valence-corrected chi connectivity index (χ2v) is 5.33. The van der Waals surface area contributed by atoms with Gasteiger partial charge in [0.25, 0.3) is 11.6 Å². The van der Waals surface area contributed by atoms with E-state index in [1.165, 1.54) is 12.3 Å². The molecule has 3 aromatic rings. The van der Waals surface area contributed by atoms with Gasteiger partial charge in [0, 0.05) is 6.07 Å². The van der Waals surface area contributed by atoms with E-state index < -0.39 is 4.92 Å². The van der Waals surface area contributed by atoms with Crippen molar-refractivity contribution in [2.45, 2.75) is 13.0 Å². The molecule has 23 heavy (non-hydrogen) atoms. The third kappa shape index (κ3) is 3.06. The summed E-state index contributed by atoms with van der Waals surface area (Å²) in [5, 5.41) is 15.7. The third-order valence-electron chi connectivity index (χ3n) is 3.74. The summed E-state index contributed by atoms with van der Waals surface area (Å²) in [6.07, 6.45) is 1.20. The molecule has 0 aliphatic carbocycles. The first-order valence-electron chi connectivity index (χ1n) is 7.17. The van der Waals surface area contributed by atoms with Crippen molar-refractivity contribution in [2.24, 2.45) is 0 Å². The lowest BCUT2D eigenvalue weighted by atomic mass is 10.0. The lowest BCUT2D eigenvalue weighted by molar-refractivity contribution is -0.384. The highest BCUT2D eigenvalue weighted by molar-refractivity contribution is 5.93. The number of aromatic nitrogens is 1. The van der Waals surface area contributed by atoms with Crippen LogP contribution in [0.1, 0.15) is 29.0 Å². The summed E-state index contributed by atoms with van der Waals surface area (Å²) in [5.74, 6) is -0.376. The summed E-state index contributed by atoms with van der Waals surface area (Å²) in [6.45, 7) is 1.87. The zero-order chi connectivity index (χ0) is 16.4. The molecule has 0 aliphatic rings. The van der Waals surface area contributed by atoms with E-state index in [9.17, 15) is 14.9 Å². The molecule has 0 saturated carbocycles. The van der Waals surface area contributed by atoms with E-state index in [0.717, 1.165) is 16.3 Å². The Hall–Kier alpha value is -3.15. The third-order valence-corrected chi connectivity index (χ3v) is 3.74. The van der Waals surface area contributed by atoms with Crippen molar-refractivity contribution in [1.29, 1.82) is 0 Å². The molecule has 0 fully saturated rings. The number of carbonyl (C=O) groups is 1. The molecule has 0 saturated heterocycles. The number of fused-ring (bicyclic) bond motifs is 1. The van der Waals surface area contributed by atoms with Crippen molar-refractivity contribution in [3.8, 4) is 0 Å². The van der Waals surface area contributed by atoms with Crippen molar-refractivity contribution < 1.29 is 9.72 Å². The molecule has 2 aromatic carbocycles. The van der Waals surface area contributed by atoms with Crippen LogP contribution in [0.2, 0.25) is 0 Å². The van der Waals surface area contributed by atoms with Gasteiger partial charge in [0.1, 0.15) is 5.69 Å². The second kappa shape index (κ2) is 5.92. The molecule has 1 heterocycles. The largest absolute Gasteiger partial charge is 0.351 e. The molecule has 6 heteroatoms. The van der Waals surface area contributed by atoms with Crippen LogP contribution in [-0.2, 0) is 0 Å². The van der Waals surface area contributed by atoms with Crippen LogP contribution in [0.4, 0.5) is 5.69 Å². The molecule has 1 amide bonds. The minimum atomic E-state index is -0.542. The number of amides is 1. The number of nitro groups is 1. The fraction of sp³-hybridized carbons (Fsp3) is 0.118. The predicted molar refractivity (Wildman–Crippen MR) is 87.3 cm³/mol. The summed E-state index contributed by atoms with van der Waals surface area (Å²) in [4.78, 5) is 24.9. The van der Waals surface area contributed by atoms with E-state index in [4.69, 9.17) is 0 Å². The van der Waals surface area contributed by atoms with Crippen LogP contribution in [0, 0.1) is 10.1 Å². The van der Waals surface area contributed by atoms with Gasteiger partial charge in [-0.1, -0.05) is 36.4 Å². The average Bonchev–Trinajstić information content (AvgIpc) is 3.04. The Kier molecular flexibility index (Phi) is 3.80. The average molecular weight is 309 g/mol. The van der Waals surface area contributed by atoms with Crippen molar-refractivity contribution in [1.82, 2.24) is 10.3 Å². The summed E-state index contributed by atoms with van der Waals surface area (Å²) in [7, 11) is 0. The molecule has 1 atom stereocenters. The maximum absolute atomic E-state index is 12.2. The topological polar surface area (TPSA) is 88.0 Å². The van der Waals surface area contributed by atoms with E-state index in [0.29, 0.717) is 0 Å². The summed E-state index contributed by atoms with van der Waals surface area (Å²) in [6, 6.07) is 15.0. The van der Waals surface area contributed by atoms with Crippen LogP contribution in [0.3, 0.4) is 0 Å². The molecular formula is C17H15N3O3. The Balaban J connectivity index is 1.77. The van der Waals surface area contributed by atoms with Crippen LogP contribution < -0.4 is 5.32 Å². The number of nitrogens with zero attached hydrogens (tertiary/aromatic N) is 1. The number of nitrogens with one attached hydrogen (secondary N) is 2. The van der Waals surface area contributed by atoms with Crippen molar-refractivity contribution >= 4 is 22.4 Å². The molecule has 116 valence electrons. The van der Waals surface area contributed by atoms with Crippen LogP contribution in [-0.4, -0.2) is 15.8 Å². The highest BCUT2D eigenvalue weighted by Crippen LogP contribution is 2.21. The van der Waals surface area contributed by atoms with Crippen LogP contribution >= 0.6 is 0 Å². The molecular weight excluding hydrogens is 294 g/mol. The molecule has 0 unspecified atom stereocenters. The van der Waals surface area contributed by atoms with Gasteiger partial charge in [-0.3, -0.25) is 14.9 Å². The van der Waals surface area contributed by atoms with E-state index in [1.807, 2.05) is 49.4 Å². The maximum Gasteiger partial charge on any atom is 0.287 e. The first kappa shape index (κ1) is 14.8. The monoisotopic (exact) mass is 309 g/mol. The van der Waals surface area contributed by atoms with Gasteiger partial charge in [-0.25, -0.2) is 0 Å². The number of H-pyrrole nitrogens is 1. The molecule has 0 bridgehead atoms. The first-order valence-corrected chi connectivity index (χ1v) is 7.17. The number of carbonyl (C=O) groups excluding carboxylic acids is 1. The van der Waals surface area contributed by atoms with E-state index in [1.54, 1.807) is 0 Å². The smallest absolute Gasteiger partial charge is 0.287 e. The maximum atomic E-state index is 12.2. The first-order chi connectivity index (χ1) is 11.0. The summed E-state index contributed by atoms with van der Waals surface area (Å²) >= 11 is 0. The standard InChI is InChI=1S/C17H15N3O3/c1-11(13-7-6-12-4-2-3-5-14(12)8-13)19-17(21)16-9-15(10-18-16)20(22)23/h2-11,18H,1H3,(H,19,21)/t11-/m1/s1. The number of benzene rings is 2. The fourth-order valence-corrected chi connectivity index (χ4v) is 2.45.